The van der Waals surface area contributed by atoms with Crippen molar-refractivity contribution >= 4 is 16.7 Å². The standard InChI is InChI=1S/C26H34N4O2/c1-16-9-11-21(12-10-16)14-29-19(4)22-13-27-30(26(32)25(22)20(29)5)15-24(31)28-23-8-6-7-17(2)18(23)3/h9-13,17-18,23H,6-8,14-15H2,1-5H3,(H,28,31)/t17-,18+,23-/m1/s1. The molecule has 3 atom stereocenters. The fourth-order valence-electron chi connectivity index (χ4n) is 5.04. The van der Waals surface area contributed by atoms with E-state index in [1.807, 2.05) is 13.8 Å². The van der Waals surface area contributed by atoms with E-state index in [9.17, 15) is 9.59 Å². The molecule has 0 saturated heterocycles. The minimum Gasteiger partial charge on any atom is -0.351 e. The van der Waals surface area contributed by atoms with Crippen molar-refractivity contribution in [2.75, 3.05) is 0 Å². The normalized spacial score (nSPS) is 21.1. The molecule has 0 bridgehead atoms. The van der Waals surface area contributed by atoms with Crippen LogP contribution in [-0.4, -0.2) is 26.3 Å². The number of benzene rings is 1. The minimum atomic E-state index is -0.203. The molecule has 1 amide bonds. The number of nitrogens with one attached hydrogen (secondary N) is 1. The zero-order valence-corrected chi connectivity index (χ0v) is 19.8. The Morgan fingerprint density at radius 3 is 2.53 bits per heavy atom. The second kappa shape index (κ2) is 8.93. The first-order valence-corrected chi connectivity index (χ1v) is 11.7. The highest BCUT2D eigenvalue weighted by molar-refractivity contribution is 5.87. The summed E-state index contributed by atoms with van der Waals surface area (Å²) in [7, 11) is 0. The van der Waals surface area contributed by atoms with Gasteiger partial charge < -0.3 is 9.88 Å². The number of carbonyl (C=O) groups is 1. The maximum atomic E-state index is 13.3. The average Bonchev–Trinajstić information content (AvgIpc) is 3.00. The summed E-state index contributed by atoms with van der Waals surface area (Å²) in [5.41, 5.74) is 4.14. The topological polar surface area (TPSA) is 68.9 Å². The average molecular weight is 435 g/mol. The Bertz CT molecular complexity index is 1190. The van der Waals surface area contributed by atoms with E-state index in [2.05, 4.69) is 60.0 Å². The Labute approximate surface area is 189 Å². The number of fused-ring (bicyclic) bond motifs is 1. The van der Waals surface area contributed by atoms with Crippen LogP contribution in [0, 0.1) is 32.6 Å². The Balaban J connectivity index is 1.58. The Morgan fingerprint density at radius 1 is 1.09 bits per heavy atom. The molecule has 1 saturated carbocycles. The van der Waals surface area contributed by atoms with Crippen LogP contribution in [0.15, 0.2) is 35.3 Å². The summed E-state index contributed by atoms with van der Waals surface area (Å²) in [6, 6.07) is 8.61. The molecule has 6 nitrogen and oxygen atoms in total. The first-order valence-electron chi connectivity index (χ1n) is 11.7. The number of aryl methyl sites for hydroxylation is 3. The van der Waals surface area contributed by atoms with Gasteiger partial charge in [0.05, 0.1) is 11.6 Å². The summed E-state index contributed by atoms with van der Waals surface area (Å²) < 4.78 is 3.46. The highest BCUT2D eigenvalue weighted by Crippen LogP contribution is 2.29. The zero-order valence-electron chi connectivity index (χ0n) is 19.8. The van der Waals surface area contributed by atoms with Crippen LogP contribution in [0.3, 0.4) is 0 Å². The van der Waals surface area contributed by atoms with E-state index >= 15 is 0 Å². The van der Waals surface area contributed by atoms with Crippen LogP contribution in [0.25, 0.3) is 10.8 Å². The smallest absolute Gasteiger partial charge is 0.276 e. The summed E-state index contributed by atoms with van der Waals surface area (Å²) in [5, 5.41) is 8.99. The molecule has 32 heavy (non-hydrogen) atoms. The summed E-state index contributed by atoms with van der Waals surface area (Å²) in [5.74, 6) is 0.907. The van der Waals surface area contributed by atoms with Crippen LogP contribution in [0.5, 0.6) is 0 Å². The molecule has 170 valence electrons. The molecule has 0 unspecified atom stereocenters. The van der Waals surface area contributed by atoms with Crippen molar-refractivity contribution in [1.29, 1.82) is 0 Å². The second-order valence-electron chi connectivity index (χ2n) is 9.58. The van der Waals surface area contributed by atoms with Crippen LogP contribution >= 0.6 is 0 Å². The van der Waals surface area contributed by atoms with Gasteiger partial charge in [-0.15, -0.1) is 0 Å². The molecule has 4 rings (SSSR count). The van der Waals surface area contributed by atoms with Crippen molar-refractivity contribution < 1.29 is 4.79 Å². The van der Waals surface area contributed by atoms with Crippen LogP contribution in [0.1, 0.15) is 55.6 Å². The molecule has 1 aromatic carbocycles. The second-order valence-corrected chi connectivity index (χ2v) is 9.58. The van der Waals surface area contributed by atoms with E-state index in [0.717, 1.165) is 29.6 Å². The molecule has 6 heteroatoms. The lowest BCUT2D eigenvalue weighted by atomic mass is 9.78. The third-order valence-corrected chi connectivity index (χ3v) is 7.41. The lowest BCUT2D eigenvalue weighted by Gasteiger charge is -2.34. The van der Waals surface area contributed by atoms with Gasteiger partial charge >= 0.3 is 0 Å². The molecule has 1 aliphatic rings. The van der Waals surface area contributed by atoms with Crippen LogP contribution < -0.4 is 10.9 Å². The van der Waals surface area contributed by atoms with Gasteiger partial charge in [0.1, 0.15) is 6.54 Å². The monoisotopic (exact) mass is 434 g/mol. The van der Waals surface area contributed by atoms with Gasteiger partial charge in [0.2, 0.25) is 5.91 Å². The minimum absolute atomic E-state index is 0.0476. The quantitative estimate of drug-likeness (QED) is 0.657. The number of carbonyl (C=O) groups excluding carboxylic acids is 1. The van der Waals surface area contributed by atoms with Gasteiger partial charge in [-0.25, -0.2) is 4.68 Å². The molecule has 1 N–H and O–H groups in total. The molecule has 3 aromatic rings. The van der Waals surface area contributed by atoms with E-state index in [1.165, 1.54) is 22.2 Å². The molecular formula is C26H34N4O2. The van der Waals surface area contributed by atoms with Crippen LogP contribution in [-0.2, 0) is 17.9 Å². The van der Waals surface area contributed by atoms with Crippen LogP contribution in [0.2, 0.25) is 0 Å². The van der Waals surface area contributed by atoms with Gasteiger partial charge in [-0.2, -0.15) is 5.10 Å². The van der Waals surface area contributed by atoms with Crippen molar-refractivity contribution in [1.82, 2.24) is 19.7 Å². The predicted octanol–water partition coefficient (Wildman–Crippen LogP) is 4.11. The Morgan fingerprint density at radius 2 is 1.81 bits per heavy atom. The van der Waals surface area contributed by atoms with Crippen molar-refractivity contribution in [3.05, 3.63) is 63.3 Å². The predicted molar refractivity (Wildman–Crippen MR) is 128 cm³/mol. The number of rotatable bonds is 5. The summed E-state index contributed by atoms with van der Waals surface area (Å²) in [4.78, 5) is 26.0. The van der Waals surface area contributed by atoms with E-state index < -0.39 is 0 Å². The largest absolute Gasteiger partial charge is 0.351 e. The number of aromatic nitrogens is 3. The lowest BCUT2D eigenvalue weighted by molar-refractivity contribution is -0.123. The molecule has 2 aromatic heterocycles. The first kappa shape index (κ1) is 22.3. The number of hydrogen-bond donors (Lipinski definition) is 1. The number of hydrogen-bond acceptors (Lipinski definition) is 3. The molecule has 0 aliphatic heterocycles. The lowest BCUT2D eigenvalue weighted by Crippen LogP contribution is -2.45. The van der Waals surface area contributed by atoms with Gasteiger partial charge in [0.25, 0.3) is 5.56 Å². The molecule has 1 fully saturated rings. The van der Waals surface area contributed by atoms with E-state index in [1.54, 1.807) is 6.20 Å². The summed E-state index contributed by atoms with van der Waals surface area (Å²) >= 11 is 0. The number of amides is 1. The molecule has 1 aliphatic carbocycles. The van der Waals surface area contributed by atoms with Gasteiger partial charge in [-0.3, -0.25) is 9.59 Å². The highest BCUT2D eigenvalue weighted by Gasteiger charge is 2.28. The number of nitrogens with zero attached hydrogens (tertiary/aromatic N) is 3. The maximum Gasteiger partial charge on any atom is 0.276 e. The van der Waals surface area contributed by atoms with E-state index in [-0.39, 0.29) is 24.1 Å². The molecule has 2 heterocycles. The molecule has 0 spiro atoms. The summed E-state index contributed by atoms with van der Waals surface area (Å²) in [6.45, 7) is 11.2. The van der Waals surface area contributed by atoms with Crippen molar-refractivity contribution in [2.45, 2.75) is 73.0 Å². The Hall–Kier alpha value is -2.89. The van der Waals surface area contributed by atoms with Gasteiger partial charge in [-0.1, -0.05) is 56.5 Å². The first-order chi connectivity index (χ1) is 15.3. The van der Waals surface area contributed by atoms with E-state index in [4.69, 9.17) is 0 Å². The summed E-state index contributed by atoms with van der Waals surface area (Å²) in [6.07, 6.45) is 5.07. The Kier molecular flexibility index (Phi) is 6.22. The molecule has 0 radical (unpaired) electrons. The van der Waals surface area contributed by atoms with E-state index in [0.29, 0.717) is 23.8 Å². The maximum absolute atomic E-state index is 13.3. The van der Waals surface area contributed by atoms with Crippen LogP contribution in [0.4, 0.5) is 0 Å². The fourth-order valence-corrected chi connectivity index (χ4v) is 5.04. The van der Waals surface area contributed by atoms with Gasteiger partial charge in [0, 0.05) is 29.4 Å². The van der Waals surface area contributed by atoms with Crippen molar-refractivity contribution in [3.63, 3.8) is 0 Å². The molecular weight excluding hydrogens is 400 g/mol. The zero-order chi connectivity index (χ0) is 23.0. The third kappa shape index (κ3) is 4.23. The van der Waals surface area contributed by atoms with Crippen molar-refractivity contribution in [3.8, 4) is 0 Å². The highest BCUT2D eigenvalue weighted by atomic mass is 16.2. The fraction of sp³-hybridized carbons (Fsp3) is 0.500. The van der Waals surface area contributed by atoms with Crippen molar-refractivity contribution in [2.24, 2.45) is 11.8 Å². The third-order valence-electron chi connectivity index (χ3n) is 7.41. The van der Waals surface area contributed by atoms with Gasteiger partial charge in [-0.05, 0) is 44.6 Å². The SMILES string of the molecule is Cc1ccc(Cn2c(C)c3cnn(CC(=O)N[C@@H]4CCC[C@@H](C)[C@@H]4C)c(=O)c3c2C)cc1. The van der Waals surface area contributed by atoms with Gasteiger partial charge in [0.15, 0.2) is 0 Å².